The molecule has 0 unspecified atom stereocenters. The molecule has 9 nitrogen and oxygen atoms in total. The number of aromatic nitrogens is 8. The fraction of sp³-hybridized carbons (Fsp3) is 0.0303. The first kappa shape index (κ1) is 30.4. The molecule has 7 aromatic rings. The summed E-state index contributed by atoms with van der Waals surface area (Å²) >= 11 is 14.8. The zero-order valence-corrected chi connectivity index (χ0v) is 27.3. The molecule has 2 aromatic heterocycles. The molecule has 0 saturated heterocycles. The second-order valence-electron chi connectivity index (χ2n) is 9.46. The van der Waals surface area contributed by atoms with E-state index in [1.54, 1.807) is 16.5 Å². The highest BCUT2D eigenvalue weighted by Gasteiger charge is 2.18. The number of halogens is 3. The van der Waals surface area contributed by atoms with Gasteiger partial charge in [0, 0.05) is 20.3 Å². The highest BCUT2D eigenvalue weighted by molar-refractivity contribution is 14.1. The third kappa shape index (κ3) is 6.44. The standard InChI is InChI=1S/C20H15ClN4O.C13H8ClIN4/c1-26-19-13-7-4-9-15(19)14-8-2-3-10-16(14)20-22-23-24-25(20)18-12-6-5-11-17(18)21;14-10-6-2-4-8-12(10)19-13(16-17-18-19)9-5-1-3-7-11(9)15/h2-13H,1H3;1-8H. The summed E-state index contributed by atoms with van der Waals surface area (Å²) in [4.78, 5) is 0. The van der Waals surface area contributed by atoms with Gasteiger partial charge >= 0.3 is 0 Å². The van der Waals surface area contributed by atoms with Crippen molar-refractivity contribution in [2.24, 2.45) is 0 Å². The zero-order valence-electron chi connectivity index (χ0n) is 23.7. The molecule has 0 saturated carbocycles. The minimum atomic E-state index is 0.579. The van der Waals surface area contributed by atoms with Crippen LogP contribution >= 0.6 is 45.8 Å². The fourth-order valence-corrected chi connectivity index (χ4v) is 5.76. The average Bonchev–Trinajstić information content (AvgIpc) is 3.76. The number of nitrogens with zero attached hydrogens (tertiary/aromatic N) is 8. The van der Waals surface area contributed by atoms with Crippen molar-refractivity contribution in [1.29, 1.82) is 0 Å². The summed E-state index contributed by atoms with van der Waals surface area (Å²) in [5.41, 5.74) is 5.31. The van der Waals surface area contributed by atoms with Gasteiger partial charge in [-0.25, -0.2) is 0 Å². The molecule has 0 N–H and O–H groups in total. The van der Waals surface area contributed by atoms with E-state index < -0.39 is 0 Å². The number of methoxy groups -OCH3 is 1. The van der Waals surface area contributed by atoms with Crippen LogP contribution in [0.4, 0.5) is 0 Å². The summed E-state index contributed by atoms with van der Waals surface area (Å²) in [5.74, 6) is 2.08. The highest BCUT2D eigenvalue weighted by atomic mass is 127. The average molecular weight is 745 g/mol. The maximum atomic E-state index is 6.34. The topological polar surface area (TPSA) is 96.4 Å². The Kier molecular flexibility index (Phi) is 9.44. The Bertz CT molecular complexity index is 2020. The molecule has 222 valence electrons. The van der Waals surface area contributed by atoms with Gasteiger partial charge in [0.15, 0.2) is 11.6 Å². The molecule has 0 amide bonds. The van der Waals surface area contributed by atoms with Gasteiger partial charge in [0.25, 0.3) is 0 Å². The molecule has 0 atom stereocenters. The quantitative estimate of drug-likeness (QED) is 0.158. The third-order valence-electron chi connectivity index (χ3n) is 6.78. The smallest absolute Gasteiger partial charge is 0.188 e. The number of hydrogen-bond donors (Lipinski definition) is 0. The maximum absolute atomic E-state index is 6.34. The first-order chi connectivity index (χ1) is 22.1. The first-order valence-corrected chi connectivity index (χ1v) is 15.4. The lowest BCUT2D eigenvalue weighted by atomic mass is 9.98. The fourth-order valence-electron chi connectivity index (χ4n) is 4.70. The minimum Gasteiger partial charge on any atom is -0.496 e. The van der Waals surface area contributed by atoms with E-state index in [9.17, 15) is 0 Å². The monoisotopic (exact) mass is 744 g/mol. The molecular weight excluding hydrogens is 722 g/mol. The largest absolute Gasteiger partial charge is 0.496 e. The van der Waals surface area contributed by atoms with Crippen LogP contribution in [0.25, 0.3) is 45.3 Å². The van der Waals surface area contributed by atoms with E-state index in [0.29, 0.717) is 21.7 Å². The first-order valence-electron chi connectivity index (χ1n) is 13.6. The van der Waals surface area contributed by atoms with E-state index in [1.807, 2.05) is 121 Å². The highest BCUT2D eigenvalue weighted by Crippen LogP contribution is 2.37. The Balaban J connectivity index is 0.000000167. The molecule has 0 radical (unpaired) electrons. The molecule has 0 aliphatic rings. The van der Waals surface area contributed by atoms with Gasteiger partial charge < -0.3 is 4.74 Å². The predicted octanol–water partition coefficient (Wildman–Crippen LogP) is 8.25. The number of para-hydroxylation sites is 3. The Morgan fingerprint density at radius 3 is 1.53 bits per heavy atom. The van der Waals surface area contributed by atoms with Crippen LogP contribution in [0, 0.1) is 3.57 Å². The third-order valence-corrected chi connectivity index (χ3v) is 8.36. The molecule has 2 heterocycles. The second-order valence-corrected chi connectivity index (χ2v) is 11.4. The lowest BCUT2D eigenvalue weighted by Crippen LogP contribution is -2.01. The molecule has 0 fully saturated rings. The van der Waals surface area contributed by atoms with Gasteiger partial charge in [-0.2, -0.15) is 9.36 Å². The number of tetrazole rings is 2. The van der Waals surface area contributed by atoms with Gasteiger partial charge in [0.05, 0.1) is 28.5 Å². The van der Waals surface area contributed by atoms with Crippen LogP contribution in [0.2, 0.25) is 10.0 Å². The van der Waals surface area contributed by atoms with Crippen molar-refractivity contribution in [1.82, 2.24) is 40.4 Å². The van der Waals surface area contributed by atoms with E-state index in [1.165, 1.54) is 0 Å². The van der Waals surface area contributed by atoms with Crippen LogP contribution in [0.1, 0.15) is 0 Å². The molecular formula is C33H23Cl2IN8O. The molecule has 0 aliphatic carbocycles. The minimum absolute atomic E-state index is 0.579. The van der Waals surface area contributed by atoms with E-state index in [4.69, 9.17) is 27.9 Å². The van der Waals surface area contributed by atoms with E-state index in [-0.39, 0.29) is 0 Å². The summed E-state index contributed by atoms with van der Waals surface area (Å²) in [7, 11) is 1.66. The molecule has 0 bridgehead atoms. The van der Waals surface area contributed by atoms with Gasteiger partial charge in [-0.1, -0.05) is 108 Å². The number of hydrogen-bond acceptors (Lipinski definition) is 7. The van der Waals surface area contributed by atoms with Crippen LogP contribution in [-0.2, 0) is 0 Å². The number of ether oxygens (including phenoxy) is 1. The van der Waals surface area contributed by atoms with E-state index in [0.717, 1.165) is 42.9 Å². The van der Waals surface area contributed by atoms with E-state index >= 15 is 0 Å². The summed E-state index contributed by atoms with van der Waals surface area (Å²) in [6.45, 7) is 0. The lowest BCUT2D eigenvalue weighted by molar-refractivity contribution is 0.416. The van der Waals surface area contributed by atoms with Gasteiger partial charge in [-0.15, -0.1) is 10.2 Å². The summed E-state index contributed by atoms with van der Waals surface area (Å²) < 4.78 is 9.91. The van der Waals surface area contributed by atoms with Crippen molar-refractivity contribution in [3.05, 3.63) is 135 Å². The molecule has 5 aromatic carbocycles. The Morgan fingerprint density at radius 2 is 0.978 bits per heavy atom. The normalized spacial score (nSPS) is 10.7. The number of benzene rings is 5. The molecule has 0 spiro atoms. The lowest BCUT2D eigenvalue weighted by Gasteiger charge is -2.13. The second kappa shape index (κ2) is 14.0. The number of rotatable bonds is 6. The Labute approximate surface area is 282 Å². The van der Waals surface area contributed by atoms with Crippen molar-refractivity contribution in [3.8, 4) is 51.0 Å². The SMILES string of the molecule is COc1ccccc1-c1ccccc1-c1nnnn1-c1ccccc1Cl.Clc1ccccc1-n1nnnc1-c1ccccc1I. The van der Waals surface area contributed by atoms with Crippen LogP contribution in [0.5, 0.6) is 5.75 Å². The van der Waals surface area contributed by atoms with Gasteiger partial charge in [0.1, 0.15) is 5.75 Å². The van der Waals surface area contributed by atoms with Crippen LogP contribution in [0.3, 0.4) is 0 Å². The van der Waals surface area contributed by atoms with Crippen molar-refractivity contribution in [2.45, 2.75) is 0 Å². The zero-order chi connectivity index (χ0) is 31.2. The van der Waals surface area contributed by atoms with Crippen molar-refractivity contribution >= 4 is 45.8 Å². The molecule has 12 heteroatoms. The van der Waals surface area contributed by atoms with Crippen LogP contribution in [-0.4, -0.2) is 47.5 Å². The van der Waals surface area contributed by atoms with Gasteiger partial charge in [-0.05, 0) is 85.4 Å². The predicted molar refractivity (Wildman–Crippen MR) is 184 cm³/mol. The van der Waals surface area contributed by atoms with Crippen molar-refractivity contribution in [3.63, 3.8) is 0 Å². The molecule has 45 heavy (non-hydrogen) atoms. The molecule has 7 rings (SSSR count). The summed E-state index contributed by atoms with van der Waals surface area (Å²) in [5, 5.41) is 25.3. The van der Waals surface area contributed by atoms with Crippen molar-refractivity contribution in [2.75, 3.05) is 7.11 Å². The maximum Gasteiger partial charge on any atom is 0.188 e. The van der Waals surface area contributed by atoms with Crippen LogP contribution < -0.4 is 4.74 Å². The summed E-state index contributed by atoms with van der Waals surface area (Å²) in [6, 6.07) is 38.7. The van der Waals surface area contributed by atoms with Gasteiger partial charge in [-0.3, -0.25) is 0 Å². The van der Waals surface area contributed by atoms with Gasteiger partial charge in [0.2, 0.25) is 0 Å². The summed E-state index contributed by atoms with van der Waals surface area (Å²) in [6.07, 6.45) is 0. The Morgan fingerprint density at radius 1 is 0.533 bits per heavy atom. The molecule has 0 aliphatic heterocycles. The van der Waals surface area contributed by atoms with Crippen molar-refractivity contribution < 1.29 is 4.74 Å². The van der Waals surface area contributed by atoms with E-state index in [2.05, 4.69) is 53.6 Å². The Hall–Kier alpha value is -4.65. The van der Waals surface area contributed by atoms with Crippen LogP contribution in [0.15, 0.2) is 121 Å².